The first-order valence-corrected chi connectivity index (χ1v) is 13.8. The predicted octanol–water partition coefficient (Wildman–Crippen LogP) is 10.2. The molecule has 0 radical (unpaired) electrons. The van der Waals surface area contributed by atoms with Crippen LogP contribution in [0.3, 0.4) is 0 Å². The van der Waals surface area contributed by atoms with Crippen molar-refractivity contribution >= 4 is 0 Å². The smallest absolute Gasteiger partial charge is 0.123 e. The zero-order chi connectivity index (χ0) is 23.2. The molecule has 180 valence electrons. The summed E-state index contributed by atoms with van der Waals surface area (Å²) >= 11 is 0. The van der Waals surface area contributed by atoms with Gasteiger partial charge in [-0.05, 0) is 49.4 Å². The van der Waals surface area contributed by atoms with E-state index in [1.54, 1.807) is 0 Å². The van der Waals surface area contributed by atoms with Crippen molar-refractivity contribution in [3.63, 3.8) is 0 Å². The van der Waals surface area contributed by atoms with Gasteiger partial charge in [0, 0.05) is 11.1 Å². The van der Waals surface area contributed by atoms with Gasteiger partial charge in [-0.25, -0.2) is 0 Å². The molecule has 0 saturated heterocycles. The first kappa shape index (κ1) is 28.1. The number of phenols is 1. The maximum atomic E-state index is 11.9. The van der Waals surface area contributed by atoms with Gasteiger partial charge in [-0.1, -0.05) is 124 Å². The molecule has 1 nitrogen and oxygen atoms in total. The van der Waals surface area contributed by atoms with Crippen LogP contribution in [0.4, 0.5) is 0 Å². The zero-order valence-corrected chi connectivity index (χ0v) is 22.0. The summed E-state index contributed by atoms with van der Waals surface area (Å²) in [7, 11) is 0. The lowest BCUT2D eigenvalue weighted by molar-refractivity contribution is 0.283. The Morgan fingerprint density at radius 3 is 1.10 bits per heavy atom. The summed E-state index contributed by atoms with van der Waals surface area (Å²) < 4.78 is 0. The van der Waals surface area contributed by atoms with Gasteiger partial charge in [0.1, 0.15) is 5.75 Å². The van der Waals surface area contributed by atoms with Crippen molar-refractivity contribution in [2.75, 3.05) is 0 Å². The normalized spacial score (nSPS) is 12.5. The van der Waals surface area contributed by atoms with Crippen molar-refractivity contribution in [3.8, 4) is 5.75 Å². The minimum Gasteiger partial charge on any atom is -0.507 e. The Hall–Kier alpha value is -0.980. The fraction of sp³-hybridized carbons (Fsp3) is 0.800. The van der Waals surface area contributed by atoms with Gasteiger partial charge in [0.05, 0.1) is 0 Å². The van der Waals surface area contributed by atoms with Crippen LogP contribution in [0, 0.1) is 0 Å². The quantitative estimate of drug-likeness (QED) is 0.245. The van der Waals surface area contributed by atoms with E-state index in [1.165, 1.54) is 114 Å². The van der Waals surface area contributed by atoms with Crippen molar-refractivity contribution in [1.29, 1.82) is 0 Å². The van der Waals surface area contributed by atoms with Crippen LogP contribution >= 0.6 is 0 Å². The molecule has 0 aliphatic carbocycles. The Labute approximate surface area is 195 Å². The summed E-state index contributed by atoms with van der Waals surface area (Å²) in [6.07, 6.45) is 19.5. The lowest BCUT2D eigenvalue weighted by atomic mass is 9.65. The number of aromatic hydroxyl groups is 1. The predicted molar refractivity (Wildman–Crippen MR) is 139 cm³/mol. The zero-order valence-electron chi connectivity index (χ0n) is 22.0. The van der Waals surface area contributed by atoms with E-state index >= 15 is 0 Å². The third kappa shape index (κ3) is 7.54. The second kappa shape index (κ2) is 15.0. The minimum atomic E-state index is 0.133. The van der Waals surface area contributed by atoms with Crippen LogP contribution in [0.15, 0.2) is 18.2 Å². The Bertz CT molecular complexity index is 524. The van der Waals surface area contributed by atoms with Crippen LogP contribution < -0.4 is 0 Å². The fourth-order valence-electron chi connectivity index (χ4n) is 5.98. The second-order valence-electron chi connectivity index (χ2n) is 10.2. The second-order valence-corrected chi connectivity index (χ2v) is 10.2. The van der Waals surface area contributed by atoms with Gasteiger partial charge in [-0.15, -0.1) is 0 Å². The summed E-state index contributed by atoms with van der Waals surface area (Å²) in [6.45, 7) is 13.8. The Balaban J connectivity index is 3.61. The molecule has 0 heterocycles. The van der Waals surface area contributed by atoms with Crippen LogP contribution in [0.25, 0.3) is 0 Å². The monoisotopic (exact) mass is 430 g/mol. The SMILES string of the molecule is CCCCC(CCC)(CCCC)c1cccc(C(CCC)(CCCC)CCCC)c1O. The molecule has 0 aromatic heterocycles. The minimum absolute atomic E-state index is 0.133. The summed E-state index contributed by atoms with van der Waals surface area (Å²) in [5, 5.41) is 11.9. The van der Waals surface area contributed by atoms with Crippen LogP contribution in [0.5, 0.6) is 5.75 Å². The molecule has 0 amide bonds. The van der Waals surface area contributed by atoms with E-state index < -0.39 is 0 Å². The third-order valence-electron chi connectivity index (χ3n) is 7.67. The van der Waals surface area contributed by atoms with E-state index in [0.717, 1.165) is 0 Å². The number of unbranched alkanes of at least 4 members (excludes halogenated alkanes) is 4. The van der Waals surface area contributed by atoms with Crippen LogP contribution in [0.2, 0.25) is 0 Å². The molecule has 0 saturated carbocycles. The highest BCUT2D eigenvalue weighted by Gasteiger charge is 2.38. The lowest BCUT2D eigenvalue weighted by Gasteiger charge is -2.40. The molecule has 1 aromatic rings. The standard InChI is InChI=1S/C30H54O/c1-7-13-22-29(20-11-5,23-14-8-2)26-18-17-19-27(28(26)31)30(21-12-6,24-15-9-3)25-16-10-4/h17-19,31H,7-16,20-25H2,1-6H3. The van der Waals surface area contributed by atoms with Crippen LogP contribution in [0.1, 0.15) is 155 Å². The van der Waals surface area contributed by atoms with Gasteiger partial charge >= 0.3 is 0 Å². The lowest BCUT2D eigenvalue weighted by Crippen LogP contribution is -2.30. The molecule has 0 aliphatic heterocycles. The molecule has 0 unspecified atom stereocenters. The van der Waals surface area contributed by atoms with Gasteiger partial charge in [-0.3, -0.25) is 0 Å². The molecule has 0 bridgehead atoms. The molecule has 0 atom stereocenters. The summed E-state index contributed by atoms with van der Waals surface area (Å²) in [4.78, 5) is 0. The maximum Gasteiger partial charge on any atom is 0.123 e. The average molecular weight is 431 g/mol. The van der Waals surface area contributed by atoms with Crippen molar-refractivity contribution in [3.05, 3.63) is 29.3 Å². The molecule has 0 aliphatic rings. The first-order valence-electron chi connectivity index (χ1n) is 13.8. The van der Waals surface area contributed by atoms with E-state index in [-0.39, 0.29) is 10.8 Å². The third-order valence-corrected chi connectivity index (χ3v) is 7.67. The summed E-state index contributed by atoms with van der Waals surface area (Å²) in [6, 6.07) is 6.82. The van der Waals surface area contributed by atoms with E-state index in [2.05, 4.69) is 59.7 Å². The van der Waals surface area contributed by atoms with Crippen molar-refractivity contribution in [2.45, 2.75) is 155 Å². The van der Waals surface area contributed by atoms with Gasteiger partial charge in [0.2, 0.25) is 0 Å². The van der Waals surface area contributed by atoms with E-state index in [1.807, 2.05) is 0 Å². The molecule has 0 spiro atoms. The number of phenolic OH excluding ortho intramolecular Hbond substituents is 1. The first-order chi connectivity index (χ1) is 15.0. The van der Waals surface area contributed by atoms with E-state index in [9.17, 15) is 5.11 Å². The number of hydrogen-bond acceptors (Lipinski definition) is 1. The van der Waals surface area contributed by atoms with Crippen molar-refractivity contribution < 1.29 is 5.11 Å². The molecule has 31 heavy (non-hydrogen) atoms. The molecule has 1 rings (SSSR count). The molecule has 1 N–H and O–H groups in total. The van der Waals surface area contributed by atoms with Crippen molar-refractivity contribution in [1.82, 2.24) is 0 Å². The molecular weight excluding hydrogens is 376 g/mol. The largest absolute Gasteiger partial charge is 0.507 e. The maximum absolute atomic E-state index is 11.9. The fourth-order valence-corrected chi connectivity index (χ4v) is 5.98. The number of rotatable bonds is 18. The number of para-hydroxylation sites is 1. The molecule has 1 aromatic carbocycles. The highest BCUT2D eigenvalue weighted by atomic mass is 16.3. The Morgan fingerprint density at radius 2 is 0.839 bits per heavy atom. The van der Waals surface area contributed by atoms with Crippen LogP contribution in [-0.2, 0) is 10.8 Å². The van der Waals surface area contributed by atoms with Gasteiger partial charge < -0.3 is 5.11 Å². The molecular formula is C30H54O. The van der Waals surface area contributed by atoms with E-state index in [0.29, 0.717) is 5.75 Å². The Morgan fingerprint density at radius 1 is 0.516 bits per heavy atom. The molecule has 1 heteroatoms. The topological polar surface area (TPSA) is 20.2 Å². The highest BCUT2D eigenvalue weighted by molar-refractivity contribution is 5.49. The van der Waals surface area contributed by atoms with Gasteiger partial charge in [-0.2, -0.15) is 0 Å². The molecule has 0 fully saturated rings. The number of hydrogen-bond donors (Lipinski definition) is 1. The van der Waals surface area contributed by atoms with Gasteiger partial charge in [0.15, 0.2) is 0 Å². The highest BCUT2D eigenvalue weighted by Crippen LogP contribution is 2.50. The summed E-state index contributed by atoms with van der Waals surface area (Å²) in [5.74, 6) is 0.656. The van der Waals surface area contributed by atoms with E-state index in [4.69, 9.17) is 0 Å². The number of benzene rings is 1. The summed E-state index contributed by atoms with van der Waals surface area (Å²) in [5.41, 5.74) is 2.80. The average Bonchev–Trinajstić information content (AvgIpc) is 2.78. The van der Waals surface area contributed by atoms with Gasteiger partial charge in [0.25, 0.3) is 0 Å². The van der Waals surface area contributed by atoms with Crippen molar-refractivity contribution in [2.24, 2.45) is 0 Å². The Kier molecular flexibility index (Phi) is 13.5. The van der Waals surface area contributed by atoms with Crippen LogP contribution in [-0.4, -0.2) is 5.11 Å².